The summed E-state index contributed by atoms with van der Waals surface area (Å²) in [5, 5.41) is 0. The molecule has 0 unspecified atom stereocenters. The van der Waals surface area contributed by atoms with Crippen LogP contribution >= 0.6 is 15.9 Å². The van der Waals surface area contributed by atoms with Crippen molar-refractivity contribution in [1.29, 1.82) is 0 Å². The number of oxazole rings is 1. The number of hydrogen-bond donors (Lipinski definition) is 0. The normalized spacial score (nSPS) is 10.1. The Labute approximate surface area is 101 Å². The molecule has 16 heavy (non-hydrogen) atoms. The van der Waals surface area contributed by atoms with Gasteiger partial charge in [-0.1, -0.05) is 6.07 Å². The molecule has 0 fully saturated rings. The Morgan fingerprint density at radius 2 is 2.19 bits per heavy atom. The van der Waals surface area contributed by atoms with Gasteiger partial charge in [-0.2, -0.15) is 0 Å². The van der Waals surface area contributed by atoms with E-state index in [1.54, 1.807) is 13.4 Å². The Morgan fingerprint density at radius 3 is 2.88 bits per heavy atom. The summed E-state index contributed by atoms with van der Waals surface area (Å²) in [5.41, 5.74) is 0.731. The maximum Gasteiger partial charge on any atom is 0.264 e. The average molecular weight is 284 g/mol. The highest BCUT2D eigenvalue weighted by Crippen LogP contribution is 2.20. The summed E-state index contributed by atoms with van der Waals surface area (Å²) in [5.74, 6) is 1.50. The quantitative estimate of drug-likeness (QED) is 0.865. The van der Waals surface area contributed by atoms with E-state index in [0.717, 1.165) is 17.2 Å². The minimum absolute atomic E-state index is 0.363. The van der Waals surface area contributed by atoms with Crippen LogP contribution in [0.25, 0.3) is 0 Å². The van der Waals surface area contributed by atoms with E-state index in [2.05, 4.69) is 20.9 Å². The number of rotatable bonds is 4. The molecule has 2 rings (SSSR count). The zero-order chi connectivity index (χ0) is 11.4. The van der Waals surface area contributed by atoms with Gasteiger partial charge < -0.3 is 13.9 Å². The monoisotopic (exact) mass is 283 g/mol. The fourth-order valence-electron chi connectivity index (χ4n) is 1.20. The van der Waals surface area contributed by atoms with Crippen LogP contribution in [0.15, 0.2) is 39.7 Å². The molecule has 0 amide bonds. The van der Waals surface area contributed by atoms with E-state index in [1.165, 1.54) is 0 Å². The average Bonchev–Trinajstić information content (AvgIpc) is 2.73. The third-order valence-electron chi connectivity index (χ3n) is 1.95. The second-order valence-electron chi connectivity index (χ2n) is 3.06. The number of aromatic nitrogens is 1. The summed E-state index contributed by atoms with van der Waals surface area (Å²) < 4.78 is 15.6. The Kier molecular flexibility index (Phi) is 3.46. The molecule has 0 bridgehead atoms. The van der Waals surface area contributed by atoms with Gasteiger partial charge in [-0.05, 0) is 12.1 Å². The van der Waals surface area contributed by atoms with Crippen molar-refractivity contribution in [2.45, 2.75) is 6.61 Å². The van der Waals surface area contributed by atoms with E-state index in [4.69, 9.17) is 13.9 Å². The van der Waals surface area contributed by atoms with Crippen LogP contribution in [-0.4, -0.2) is 12.1 Å². The largest absolute Gasteiger partial charge is 0.497 e. The van der Waals surface area contributed by atoms with Gasteiger partial charge in [0.15, 0.2) is 0 Å². The number of ether oxygens (including phenoxy) is 2. The van der Waals surface area contributed by atoms with E-state index in [0.29, 0.717) is 11.4 Å². The highest BCUT2D eigenvalue weighted by Gasteiger charge is 2.02. The zero-order valence-electron chi connectivity index (χ0n) is 8.64. The Bertz CT molecular complexity index is 470. The molecule has 84 valence electrons. The van der Waals surface area contributed by atoms with Crippen LogP contribution in [0.5, 0.6) is 11.5 Å². The van der Waals surface area contributed by atoms with E-state index in [1.807, 2.05) is 24.3 Å². The van der Waals surface area contributed by atoms with E-state index in [9.17, 15) is 0 Å². The SMILES string of the molecule is COc1cccc(OCc2coc(Br)n2)c1. The van der Waals surface area contributed by atoms with Crippen LogP contribution in [0.3, 0.4) is 0 Å². The fraction of sp³-hybridized carbons (Fsp3) is 0.182. The molecule has 0 N–H and O–H groups in total. The minimum atomic E-state index is 0.363. The van der Waals surface area contributed by atoms with Gasteiger partial charge in [0.25, 0.3) is 4.80 Å². The maximum absolute atomic E-state index is 5.52. The van der Waals surface area contributed by atoms with E-state index in [-0.39, 0.29) is 0 Å². The van der Waals surface area contributed by atoms with Crippen molar-refractivity contribution >= 4 is 15.9 Å². The molecule has 0 aliphatic heterocycles. The van der Waals surface area contributed by atoms with Gasteiger partial charge >= 0.3 is 0 Å². The number of methoxy groups -OCH3 is 1. The number of benzene rings is 1. The lowest BCUT2D eigenvalue weighted by molar-refractivity contribution is 0.298. The van der Waals surface area contributed by atoms with Crippen molar-refractivity contribution in [2.24, 2.45) is 0 Å². The predicted molar refractivity (Wildman–Crippen MR) is 61.5 cm³/mol. The van der Waals surface area contributed by atoms with Gasteiger partial charge in [0.2, 0.25) is 0 Å². The first kappa shape index (κ1) is 11.0. The van der Waals surface area contributed by atoms with Crippen LogP contribution in [0.2, 0.25) is 0 Å². The zero-order valence-corrected chi connectivity index (χ0v) is 10.2. The smallest absolute Gasteiger partial charge is 0.264 e. The molecule has 1 aromatic heterocycles. The maximum atomic E-state index is 5.52. The van der Waals surface area contributed by atoms with Crippen molar-refractivity contribution in [3.05, 3.63) is 41.0 Å². The summed E-state index contributed by atoms with van der Waals surface area (Å²) in [4.78, 5) is 4.52. The summed E-state index contributed by atoms with van der Waals surface area (Å²) in [7, 11) is 1.62. The second-order valence-corrected chi connectivity index (χ2v) is 3.74. The van der Waals surface area contributed by atoms with Gasteiger partial charge in [-0.15, -0.1) is 0 Å². The predicted octanol–water partition coefficient (Wildman–Crippen LogP) is 3.02. The van der Waals surface area contributed by atoms with Crippen molar-refractivity contribution in [1.82, 2.24) is 4.98 Å². The van der Waals surface area contributed by atoms with Crippen molar-refractivity contribution in [2.75, 3.05) is 7.11 Å². The Hall–Kier alpha value is -1.49. The first-order valence-electron chi connectivity index (χ1n) is 4.64. The Balaban J connectivity index is 1.99. The van der Waals surface area contributed by atoms with Crippen LogP contribution in [-0.2, 0) is 6.61 Å². The van der Waals surface area contributed by atoms with E-state index >= 15 is 0 Å². The van der Waals surface area contributed by atoms with Crippen molar-refractivity contribution < 1.29 is 13.9 Å². The summed E-state index contributed by atoms with van der Waals surface area (Å²) >= 11 is 3.13. The van der Waals surface area contributed by atoms with Crippen LogP contribution in [0.1, 0.15) is 5.69 Å². The molecule has 0 saturated heterocycles. The summed E-state index contributed by atoms with van der Waals surface area (Å²) in [6.45, 7) is 0.363. The molecule has 4 nitrogen and oxygen atoms in total. The third kappa shape index (κ3) is 2.76. The fourth-order valence-corrected chi connectivity index (χ4v) is 1.52. The van der Waals surface area contributed by atoms with Gasteiger partial charge in [0, 0.05) is 22.0 Å². The van der Waals surface area contributed by atoms with Crippen LogP contribution < -0.4 is 9.47 Å². The third-order valence-corrected chi connectivity index (χ3v) is 2.32. The number of hydrogen-bond acceptors (Lipinski definition) is 4. The highest BCUT2D eigenvalue weighted by molar-refractivity contribution is 9.10. The van der Waals surface area contributed by atoms with Gasteiger partial charge in [-0.25, -0.2) is 4.98 Å². The van der Waals surface area contributed by atoms with E-state index < -0.39 is 0 Å². The first-order valence-corrected chi connectivity index (χ1v) is 5.44. The lowest BCUT2D eigenvalue weighted by atomic mass is 10.3. The summed E-state index contributed by atoms with van der Waals surface area (Å²) in [6, 6.07) is 7.40. The molecule has 5 heteroatoms. The van der Waals surface area contributed by atoms with Gasteiger partial charge in [-0.3, -0.25) is 0 Å². The van der Waals surface area contributed by atoms with Crippen molar-refractivity contribution in [3.8, 4) is 11.5 Å². The molecule has 0 aliphatic carbocycles. The molecule has 0 saturated carbocycles. The topological polar surface area (TPSA) is 44.5 Å². The second kappa shape index (κ2) is 5.03. The molecule has 0 aliphatic rings. The molecule has 1 aromatic carbocycles. The molecule has 1 heterocycles. The summed E-state index contributed by atoms with van der Waals surface area (Å²) in [6.07, 6.45) is 1.55. The molecular formula is C11H10BrNO3. The highest BCUT2D eigenvalue weighted by atomic mass is 79.9. The number of halogens is 1. The molecular weight excluding hydrogens is 274 g/mol. The van der Waals surface area contributed by atoms with Crippen molar-refractivity contribution in [3.63, 3.8) is 0 Å². The molecule has 2 aromatic rings. The Morgan fingerprint density at radius 1 is 1.38 bits per heavy atom. The first-order chi connectivity index (χ1) is 7.78. The van der Waals surface area contributed by atoms with Gasteiger partial charge in [0.1, 0.15) is 30.1 Å². The number of nitrogens with zero attached hydrogens (tertiary/aromatic N) is 1. The van der Waals surface area contributed by atoms with Gasteiger partial charge in [0.05, 0.1) is 7.11 Å². The standard InChI is InChI=1S/C11H10BrNO3/c1-14-9-3-2-4-10(5-9)15-6-8-7-16-11(12)13-8/h2-5,7H,6H2,1H3. The lowest BCUT2D eigenvalue weighted by Crippen LogP contribution is -1.95. The lowest BCUT2D eigenvalue weighted by Gasteiger charge is -2.05. The molecule has 0 spiro atoms. The molecule has 0 atom stereocenters. The van der Waals surface area contributed by atoms with Crippen LogP contribution in [0.4, 0.5) is 0 Å². The minimum Gasteiger partial charge on any atom is -0.497 e. The molecule has 0 radical (unpaired) electrons. The van der Waals surface area contributed by atoms with Crippen LogP contribution in [0, 0.1) is 0 Å².